The molecular formula is C14H19N3S. The Kier molecular flexibility index (Phi) is 4.70. The highest BCUT2D eigenvalue weighted by Crippen LogP contribution is 2.18. The molecule has 0 amide bonds. The number of aryl methyl sites for hydroxylation is 2. The average molecular weight is 261 g/mol. The SMILES string of the molecule is CCCc1cc(NCc2sccc2CC)ncn1. The largest absolute Gasteiger partial charge is 0.365 e. The highest BCUT2D eigenvalue weighted by molar-refractivity contribution is 7.10. The number of nitrogens with zero attached hydrogens (tertiary/aromatic N) is 2. The highest BCUT2D eigenvalue weighted by Gasteiger charge is 2.03. The summed E-state index contributed by atoms with van der Waals surface area (Å²) in [5.74, 6) is 0.920. The van der Waals surface area contributed by atoms with Crippen molar-refractivity contribution in [2.24, 2.45) is 0 Å². The Morgan fingerprint density at radius 1 is 1.28 bits per heavy atom. The number of hydrogen-bond acceptors (Lipinski definition) is 4. The van der Waals surface area contributed by atoms with Gasteiger partial charge in [-0.2, -0.15) is 0 Å². The maximum atomic E-state index is 4.26. The molecule has 18 heavy (non-hydrogen) atoms. The summed E-state index contributed by atoms with van der Waals surface area (Å²) in [6, 6.07) is 4.24. The van der Waals surface area contributed by atoms with Crippen LogP contribution in [-0.2, 0) is 19.4 Å². The van der Waals surface area contributed by atoms with Crippen LogP contribution in [0, 0.1) is 0 Å². The van der Waals surface area contributed by atoms with Crippen molar-refractivity contribution in [3.63, 3.8) is 0 Å². The average Bonchev–Trinajstić information content (AvgIpc) is 2.84. The second-order valence-corrected chi connectivity index (χ2v) is 5.22. The normalized spacial score (nSPS) is 10.6. The van der Waals surface area contributed by atoms with Gasteiger partial charge in [-0.1, -0.05) is 20.3 Å². The standard InChI is InChI=1S/C14H19N3S/c1-3-5-12-8-14(17-10-16-12)15-9-13-11(4-2)6-7-18-13/h6-8,10H,3-5,9H2,1-2H3,(H,15,16,17). The van der Waals surface area contributed by atoms with Crippen LogP contribution in [0.4, 0.5) is 5.82 Å². The molecule has 4 heteroatoms. The first-order valence-corrected chi connectivity index (χ1v) is 7.31. The van der Waals surface area contributed by atoms with Gasteiger partial charge in [0.1, 0.15) is 12.1 Å². The van der Waals surface area contributed by atoms with E-state index in [2.05, 4.69) is 40.6 Å². The second-order valence-electron chi connectivity index (χ2n) is 4.22. The first kappa shape index (κ1) is 13.0. The van der Waals surface area contributed by atoms with Crippen molar-refractivity contribution in [1.82, 2.24) is 9.97 Å². The van der Waals surface area contributed by atoms with E-state index in [1.165, 1.54) is 10.4 Å². The molecule has 2 rings (SSSR count). The summed E-state index contributed by atoms with van der Waals surface area (Å²) in [6.07, 6.45) is 4.85. The van der Waals surface area contributed by atoms with Crippen molar-refractivity contribution >= 4 is 17.2 Å². The lowest BCUT2D eigenvalue weighted by atomic mass is 10.2. The molecule has 0 aliphatic rings. The predicted octanol–water partition coefficient (Wildman–Crippen LogP) is 3.67. The fourth-order valence-corrected chi connectivity index (χ4v) is 2.81. The van der Waals surface area contributed by atoms with Gasteiger partial charge in [0.15, 0.2) is 0 Å². The lowest BCUT2D eigenvalue weighted by Gasteiger charge is -2.06. The summed E-state index contributed by atoms with van der Waals surface area (Å²) in [4.78, 5) is 9.91. The van der Waals surface area contributed by atoms with E-state index in [0.29, 0.717) is 0 Å². The molecule has 0 unspecified atom stereocenters. The predicted molar refractivity (Wildman–Crippen MR) is 77.1 cm³/mol. The molecule has 0 aliphatic carbocycles. The summed E-state index contributed by atoms with van der Waals surface area (Å²) in [7, 11) is 0. The Hall–Kier alpha value is -1.42. The fraction of sp³-hybridized carbons (Fsp3) is 0.429. The van der Waals surface area contributed by atoms with Crippen molar-refractivity contribution < 1.29 is 0 Å². The van der Waals surface area contributed by atoms with Crippen LogP contribution < -0.4 is 5.32 Å². The Bertz CT molecular complexity index is 493. The Morgan fingerprint density at radius 2 is 2.17 bits per heavy atom. The van der Waals surface area contributed by atoms with Gasteiger partial charge >= 0.3 is 0 Å². The van der Waals surface area contributed by atoms with Crippen LogP contribution in [0.2, 0.25) is 0 Å². The third-order valence-corrected chi connectivity index (χ3v) is 3.84. The number of hydrogen-bond donors (Lipinski definition) is 1. The second kappa shape index (κ2) is 6.50. The summed E-state index contributed by atoms with van der Waals surface area (Å²) >= 11 is 1.80. The van der Waals surface area contributed by atoms with Gasteiger partial charge in [0.25, 0.3) is 0 Å². The first-order valence-electron chi connectivity index (χ1n) is 6.43. The summed E-state index contributed by atoms with van der Waals surface area (Å²) in [6.45, 7) is 5.20. The van der Waals surface area contributed by atoms with E-state index < -0.39 is 0 Å². The summed E-state index contributed by atoms with van der Waals surface area (Å²) in [5.41, 5.74) is 2.53. The highest BCUT2D eigenvalue weighted by atomic mass is 32.1. The molecule has 0 saturated heterocycles. The molecule has 1 N–H and O–H groups in total. The molecule has 0 saturated carbocycles. The third kappa shape index (κ3) is 3.29. The van der Waals surface area contributed by atoms with Crippen LogP contribution >= 0.6 is 11.3 Å². The van der Waals surface area contributed by atoms with Crippen molar-refractivity contribution in [2.45, 2.75) is 39.7 Å². The van der Waals surface area contributed by atoms with E-state index >= 15 is 0 Å². The molecule has 2 heterocycles. The quantitative estimate of drug-likeness (QED) is 0.862. The van der Waals surface area contributed by atoms with E-state index in [9.17, 15) is 0 Å². The smallest absolute Gasteiger partial charge is 0.129 e. The minimum absolute atomic E-state index is 0.851. The fourth-order valence-electron chi connectivity index (χ4n) is 1.90. The molecule has 0 bridgehead atoms. The molecule has 96 valence electrons. The van der Waals surface area contributed by atoms with E-state index in [-0.39, 0.29) is 0 Å². The Morgan fingerprint density at radius 3 is 2.94 bits per heavy atom. The molecule has 0 fully saturated rings. The number of rotatable bonds is 6. The van der Waals surface area contributed by atoms with Gasteiger partial charge in [-0.25, -0.2) is 9.97 Å². The number of nitrogens with one attached hydrogen (secondary N) is 1. The lowest BCUT2D eigenvalue weighted by Crippen LogP contribution is -2.03. The minimum Gasteiger partial charge on any atom is -0.365 e. The molecule has 3 nitrogen and oxygen atoms in total. The first-order chi connectivity index (χ1) is 8.83. The van der Waals surface area contributed by atoms with Crippen molar-refractivity contribution in [3.8, 4) is 0 Å². The summed E-state index contributed by atoms with van der Waals surface area (Å²) in [5, 5.41) is 5.53. The van der Waals surface area contributed by atoms with Crippen LogP contribution in [0.5, 0.6) is 0 Å². The van der Waals surface area contributed by atoms with Gasteiger partial charge in [-0.15, -0.1) is 11.3 Å². The summed E-state index contributed by atoms with van der Waals surface area (Å²) < 4.78 is 0. The maximum absolute atomic E-state index is 4.26. The third-order valence-electron chi connectivity index (χ3n) is 2.88. The zero-order chi connectivity index (χ0) is 12.8. The van der Waals surface area contributed by atoms with E-state index in [1.807, 2.05) is 6.07 Å². The maximum Gasteiger partial charge on any atom is 0.129 e. The van der Waals surface area contributed by atoms with Gasteiger partial charge in [-0.05, 0) is 29.9 Å². The van der Waals surface area contributed by atoms with Crippen LogP contribution in [-0.4, -0.2) is 9.97 Å². The Labute approximate surface area is 112 Å². The Balaban J connectivity index is 1.99. The topological polar surface area (TPSA) is 37.8 Å². The monoisotopic (exact) mass is 261 g/mol. The molecular weight excluding hydrogens is 242 g/mol. The van der Waals surface area contributed by atoms with Crippen molar-refractivity contribution in [2.75, 3.05) is 5.32 Å². The van der Waals surface area contributed by atoms with Gasteiger partial charge < -0.3 is 5.32 Å². The minimum atomic E-state index is 0.851. The van der Waals surface area contributed by atoms with Crippen LogP contribution in [0.1, 0.15) is 36.4 Å². The van der Waals surface area contributed by atoms with Crippen LogP contribution in [0.15, 0.2) is 23.8 Å². The van der Waals surface area contributed by atoms with E-state index in [1.54, 1.807) is 17.7 Å². The van der Waals surface area contributed by atoms with E-state index in [0.717, 1.165) is 37.3 Å². The zero-order valence-electron chi connectivity index (χ0n) is 10.9. The van der Waals surface area contributed by atoms with Gasteiger partial charge in [-0.3, -0.25) is 0 Å². The molecule has 0 spiro atoms. The molecule has 0 atom stereocenters. The van der Waals surface area contributed by atoms with Crippen LogP contribution in [0.3, 0.4) is 0 Å². The van der Waals surface area contributed by atoms with Gasteiger partial charge in [0, 0.05) is 16.6 Å². The molecule has 2 aromatic heterocycles. The molecule has 0 aliphatic heterocycles. The van der Waals surface area contributed by atoms with Crippen molar-refractivity contribution in [1.29, 1.82) is 0 Å². The molecule has 2 aromatic rings. The number of thiophene rings is 1. The van der Waals surface area contributed by atoms with E-state index in [4.69, 9.17) is 0 Å². The molecule has 0 radical (unpaired) electrons. The van der Waals surface area contributed by atoms with Gasteiger partial charge in [0.2, 0.25) is 0 Å². The zero-order valence-corrected chi connectivity index (χ0v) is 11.8. The number of aromatic nitrogens is 2. The van der Waals surface area contributed by atoms with Crippen LogP contribution in [0.25, 0.3) is 0 Å². The lowest BCUT2D eigenvalue weighted by molar-refractivity contribution is 0.871. The number of anilines is 1. The van der Waals surface area contributed by atoms with Crippen molar-refractivity contribution in [3.05, 3.63) is 40.0 Å². The molecule has 0 aromatic carbocycles. The van der Waals surface area contributed by atoms with Gasteiger partial charge in [0.05, 0.1) is 6.54 Å².